The van der Waals surface area contributed by atoms with Crippen molar-refractivity contribution in [3.8, 4) is 23.0 Å². The molecule has 6 rings (SSSR count). The van der Waals surface area contributed by atoms with Gasteiger partial charge in [0.1, 0.15) is 12.1 Å². The van der Waals surface area contributed by atoms with Gasteiger partial charge >= 0.3 is 0 Å². The van der Waals surface area contributed by atoms with E-state index in [-0.39, 0.29) is 5.82 Å². The zero-order valence-corrected chi connectivity index (χ0v) is 19.0. The van der Waals surface area contributed by atoms with Gasteiger partial charge in [0.15, 0.2) is 11.5 Å². The average Bonchev–Trinajstić information content (AvgIpc) is 3.54. The molecule has 10 heteroatoms. The smallest absolute Gasteiger partial charge is 0.278 e. The first kappa shape index (κ1) is 20.7. The molecule has 0 atom stereocenters. The van der Waals surface area contributed by atoms with Gasteiger partial charge in [-0.1, -0.05) is 41.0 Å². The van der Waals surface area contributed by atoms with Gasteiger partial charge in [0, 0.05) is 24.3 Å². The standard InChI is InChI=1S/C24H19ClFN7O/c1-2-3-22-28-24(34-30-22)23-21-12-19-17(10-14-4-7-16(26)8-5-14)29-31-33(19)20-11-15(25)6-9-18(20)32(21)13-27-23/h4-9,11,13H,2-3,10,12H2,1H3. The molecule has 0 N–H and O–H groups in total. The molecule has 2 aromatic carbocycles. The summed E-state index contributed by atoms with van der Waals surface area (Å²) in [5.41, 5.74) is 5.78. The summed E-state index contributed by atoms with van der Waals surface area (Å²) >= 11 is 6.35. The van der Waals surface area contributed by atoms with Gasteiger partial charge in [-0.2, -0.15) is 4.98 Å². The van der Waals surface area contributed by atoms with E-state index in [4.69, 9.17) is 16.1 Å². The highest BCUT2D eigenvalue weighted by atomic mass is 35.5. The second-order valence-corrected chi connectivity index (χ2v) is 8.62. The summed E-state index contributed by atoms with van der Waals surface area (Å²) in [5.74, 6) is 0.766. The Labute approximate surface area is 199 Å². The van der Waals surface area contributed by atoms with Crippen LogP contribution in [0.3, 0.4) is 0 Å². The van der Waals surface area contributed by atoms with Crippen LogP contribution in [0.4, 0.5) is 4.39 Å². The third-order valence-corrected chi connectivity index (χ3v) is 6.13. The SMILES string of the molecule is CCCc1noc(-c2ncn3c2Cc2c(Cc4ccc(F)cc4)nnn2-c2cc(Cl)ccc2-3)n1. The third-order valence-electron chi connectivity index (χ3n) is 5.90. The van der Waals surface area contributed by atoms with E-state index in [2.05, 4.69) is 32.4 Å². The van der Waals surface area contributed by atoms with Gasteiger partial charge in [0.25, 0.3) is 5.89 Å². The lowest BCUT2D eigenvalue weighted by Gasteiger charge is -2.09. The number of fused-ring (bicyclic) bond motifs is 5. The predicted octanol–water partition coefficient (Wildman–Crippen LogP) is 4.74. The highest BCUT2D eigenvalue weighted by Crippen LogP contribution is 2.34. The summed E-state index contributed by atoms with van der Waals surface area (Å²) in [6, 6.07) is 12.0. The summed E-state index contributed by atoms with van der Waals surface area (Å²) in [6.45, 7) is 2.07. The molecule has 4 heterocycles. The minimum absolute atomic E-state index is 0.273. The van der Waals surface area contributed by atoms with Crippen molar-refractivity contribution in [2.24, 2.45) is 0 Å². The molecule has 0 aliphatic carbocycles. The molecule has 8 nitrogen and oxygen atoms in total. The number of benzene rings is 2. The third kappa shape index (κ3) is 3.49. The lowest BCUT2D eigenvalue weighted by molar-refractivity contribution is 0.420. The summed E-state index contributed by atoms with van der Waals surface area (Å²) in [6.07, 6.45) is 4.40. The second-order valence-electron chi connectivity index (χ2n) is 8.18. The number of aromatic nitrogens is 7. The maximum atomic E-state index is 13.4. The number of imidazole rings is 1. The molecule has 0 fully saturated rings. The quantitative estimate of drug-likeness (QED) is 0.358. The maximum Gasteiger partial charge on any atom is 0.278 e. The Balaban J connectivity index is 1.50. The van der Waals surface area contributed by atoms with E-state index in [9.17, 15) is 4.39 Å². The summed E-state index contributed by atoms with van der Waals surface area (Å²) in [7, 11) is 0. The van der Waals surface area contributed by atoms with Gasteiger partial charge in [-0.05, 0) is 42.3 Å². The van der Waals surface area contributed by atoms with E-state index < -0.39 is 0 Å². The molecule has 0 amide bonds. The maximum absolute atomic E-state index is 13.4. The fourth-order valence-electron chi connectivity index (χ4n) is 4.27. The topological polar surface area (TPSA) is 87.5 Å². The van der Waals surface area contributed by atoms with Crippen LogP contribution in [0.25, 0.3) is 23.0 Å². The Bertz CT molecular complexity index is 1500. The van der Waals surface area contributed by atoms with Crippen molar-refractivity contribution in [2.75, 3.05) is 0 Å². The van der Waals surface area contributed by atoms with Crippen LogP contribution in [-0.4, -0.2) is 34.7 Å². The lowest BCUT2D eigenvalue weighted by atomic mass is 10.1. The molecule has 0 spiro atoms. The Kier molecular flexibility index (Phi) is 4.99. The molecular weight excluding hydrogens is 457 g/mol. The molecule has 0 radical (unpaired) electrons. The first-order valence-electron chi connectivity index (χ1n) is 11.0. The van der Waals surface area contributed by atoms with Gasteiger partial charge in [-0.25, -0.2) is 14.1 Å². The van der Waals surface area contributed by atoms with Gasteiger partial charge < -0.3 is 4.52 Å². The predicted molar refractivity (Wildman–Crippen MR) is 123 cm³/mol. The normalized spacial score (nSPS) is 12.2. The molecule has 3 aromatic heterocycles. The molecule has 0 saturated heterocycles. The van der Waals surface area contributed by atoms with Crippen LogP contribution in [0, 0.1) is 5.82 Å². The van der Waals surface area contributed by atoms with Crippen molar-refractivity contribution in [3.05, 3.63) is 88.1 Å². The number of halogens is 2. The van der Waals surface area contributed by atoms with Crippen LogP contribution in [0.1, 0.15) is 41.8 Å². The molecule has 170 valence electrons. The summed E-state index contributed by atoms with van der Waals surface area (Å²) in [4.78, 5) is 9.17. The Morgan fingerprint density at radius 2 is 1.94 bits per heavy atom. The van der Waals surface area contributed by atoms with Crippen molar-refractivity contribution in [2.45, 2.75) is 32.6 Å². The Morgan fingerprint density at radius 3 is 2.76 bits per heavy atom. The van der Waals surface area contributed by atoms with E-state index in [1.165, 1.54) is 12.1 Å². The Morgan fingerprint density at radius 1 is 1.09 bits per heavy atom. The van der Waals surface area contributed by atoms with Crippen LogP contribution < -0.4 is 0 Å². The number of nitrogens with zero attached hydrogens (tertiary/aromatic N) is 7. The molecule has 0 bridgehead atoms. The van der Waals surface area contributed by atoms with Gasteiger partial charge in [0.05, 0.1) is 28.5 Å². The van der Waals surface area contributed by atoms with Crippen molar-refractivity contribution in [3.63, 3.8) is 0 Å². The van der Waals surface area contributed by atoms with Crippen LogP contribution in [0.5, 0.6) is 0 Å². The molecule has 1 aliphatic heterocycles. The van der Waals surface area contributed by atoms with Gasteiger partial charge in [-0.3, -0.25) is 4.57 Å². The van der Waals surface area contributed by atoms with Crippen LogP contribution >= 0.6 is 11.6 Å². The van der Waals surface area contributed by atoms with Crippen molar-refractivity contribution in [1.29, 1.82) is 0 Å². The molecule has 0 unspecified atom stereocenters. The molecular formula is C24H19ClFN7O. The first-order valence-corrected chi connectivity index (χ1v) is 11.4. The Hall–Kier alpha value is -3.85. The largest absolute Gasteiger partial charge is 0.332 e. The minimum atomic E-state index is -0.273. The minimum Gasteiger partial charge on any atom is -0.332 e. The highest BCUT2D eigenvalue weighted by molar-refractivity contribution is 6.30. The van der Waals surface area contributed by atoms with Crippen LogP contribution in [0.2, 0.25) is 5.02 Å². The zero-order valence-electron chi connectivity index (χ0n) is 18.2. The highest BCUT2D eigenvalue weighted by Gasteiger charge is 2.28. The summed E-state index contributed by atoms with van der Waals surface area (Å²) in [5, 5.41) is 13.6. The fraction of sp³-hybridized carbons (Fsp3) is 0.208. The second kappa shape index (κ2) is 8.18. The molecule has 5 aromatic rings. The van der Waals surface area contributed by atoms with Crippen molar-refractivity contribution in [1.82, 2.24) is 34.7 Å². The van der Waals surface area contributed by atoms with E-state index in [1.807, 2.05) is 27.4 Å². The number of hydrogen-bond donors (Lipinski definition) is 0. The van der Waals surface area contributed by atoms with E-state index in [0.29, 0.717) is 35.3 Å². The average molecular weight is 476 g/mol. The van der Waals surface area contributed by atoms with E-state index in [1.54, 1.807) is 18.5 Å². The monoisotopic (exact) mass is 475 g/mol. The van der Waals surface area contributed by atoms with Crippen molar-refractivity contribution >= 4 is 11.6 Å². The first-order chi connectivity index (χ1) is 16.6. The number of hydrogen-bond acceptors (Lipinski definition) is 6. The van der Waals surface area contributed by atoms with Crippen molar-refractivity contribution < 1.29 is 8.91 Å². The summed E-state index contributed by atoms with van der Waals surface area (Å²) < 4.78 is 22.8. The van der Waals surface area contributed by atoms with E-state index >= 15 is 0 Å². The van der Waals surface area contributed by atoms with E-state index in [0.717, 1.165) is 46.9 Å². The lowest BCUT2D eigenvalue weighted by Crippen LogP contribution is -2.04. The zero-order chi connectivity index (χ0) is 23.2. The van der Waals surface area contributed by atoms with Gasteiger partial charge in [-0.15, -0.1) is 5.10 Å². The van der Waals surface area contributed by atoms with Gasteiger partial charge in [0.2, 0.25) is 0 Å². The number of rotatable bonds is 5. The fourth-order valence-corrected chi connectivity index (χ4v) is 4.44. The van der Waals surface area contributed by atoms with Crippen LogP contribution in [-0.2, 0) is 19.3 Å². The molecule has 0 saturated carbocycles. The molecule has 34 heavy (non-hydrogen) atoms. The molecule has 1 aliphatic rings. The number of aryl methyl sites for hydroxylation is 1. The van der Waals surface area contributed by atoms with Crippen LogP contribution in [0.15, 0.2) is 53.3 Å².